The number of hydrogen-bond acceptors (Lipinski definition) is 10. The van der Waals surface area contributed by atoms with Gasteiger partial charge in [0.15, 0.2) is 6.23 Å². The highest BCUT2D eigenvalue weighted by molar-refractivity contribution is 8.50. The zero-order valence-corrected chi connectivity index (χ0v) is 16.8. The second kappa shape index (κ2) is 8.42. The molecular weight excluding hydrogens is 431 g/mol. The number of aromatic nitrogens is 2. The molecule has 0 saturated carbocycles. The maximum atomic E-state index is 12.0. The SMILES string of the molecule is C[C@@]1(O)[C@H](O)[C@@H](CO[PH](=O)SCC2NC(=O)NC2=O)O[C@H]1n1ccc(=O)[nH]c1=O. The van der Waals surface area contributed by atoms with E-state index in [0.29, 0.717) is 0 Å². The van der Waals surface area contributed by atoms with E-state index in [1.165, 1.54) is 6.92 Å². The minimum Gasteiger partial charge on any atom is -0.387 e. The van der Waals surface area contributed by atoms with Crippen molar-refractivity contribution in [3.63, 3.8) is 0 Å². The first-order chi connectivity index (χ1) is 13.6. The van der Waals surface area contributed by atoms with Crippen molar-refractivity contribution >= 4 is 30.5 Å². The molecule has 0 aromatic carbocycles. The Morgan fingerprint density at radius 1 is 1.38 bits per heavy atom. The lowest BCUT2D eigenvalue weighted by atomic mass is 9.96. The van der Waals surface area contributed by atoms with Crippen LogP contribution in [0.4, 0.5) is 4.79 Å². The summed E-state index contributed by atoms with van der Waals surface area (Å²) in [5.41, 5.74) is -3.37. The molecule has 2 saturated heterocycles. The van der Waals surface area contributed by atoms with Gasteiger partial charge < -0.3 is 24.8 Å². The van der Waals surface area contributed by atoms with Crippen LogP contribution in [0, 0.1) is 0 Å². The fourth-order valence-electron chi connectivity index (χ4n) is 2.91. The molecule has 29 heavy (non-hydrogen) atoms. The zero-order chi connectivity index (χ0) is 21.3. The fourth-order valence-corrected chi connectivity index (χ4v) is 5.19. The number of urea groups is 1. The molecule has 15 heteroatoms. The summed E-state index contributed by atoms with van der Waals surface area (Å²) >= 11 is 0.819. The van der Waals surface area contributed by atoms with Gasteiger partial charge in [-0.25, -0.2) is 9.59 Å². The molecule has 3 rings (SSSR count). The average Bonchev–Trinajstić information content (AvgIpc) is 3.08. The molecule has 6 atom stereocenters. The predicted molar refractivity (Wildman–Crippen MR) is 99.7 cm³/mol. The van der Waals surface area contributed by atoms with Gasteiger partial charge in [-0.05, 0) is 6.92 Å². The number of H-pyrrole nitrogens is 1. The smallest absolute Gasteiger partial charge is 0.330 e. The van der Waals surface area contributed by atoms with Crippen LogP contribution in [0.1, 0.15) is 13.2 Å². The van der Waals surface area contributed by atoms with Crippen molar-refractivity contribution in [1.29, 1.82) is 0 Å². The molecule has 0 spiro atoms. The number of hydrogen-bond donors (Lipinski definition) is 5. The maximum Gasteiger partial charge on any atom is 0.330 e. The number of rotatable bonds is 7. The number of ether oxygens (including phenoxy) is 1. The molecule has 160 valence electrons. The van der Waals surface area contributed by atoms with E-state index in [-0.39, 0.29) is 12.4 Å². The lowest BCUT2D eigenvalue weighted by molar-refractivity contribution is -0.119. The molecule has 2 aliphatic heterocycles. The number of aliphatic hydroxyl groups is 2. The van der Waals surface area contributed by atoms with Crippen LogP contribution in [-0.2, 0) is 18.6 Å². The first kappa shape index (κ1) is 21.7. The minimum absolute atomic E-state index is 0.0244. The normalized spacial score (nSPS) is 32.8. The fraction of sp³-hybridized carbons (Fsp3) is 0.571. The van der Waals surface area contributed by atoms with Crippen molar-refractivity contribution in [1.82, 2.24) is 20.2 Å². The standard InChI is InChI=1S/C14H19N4O9PS/c1-14(24)9(20)7(27-11(14)18-3-2-8(19)16-13(18)23)4-26-28(25)29-5-6-10(21)17-12(22)15-6/h2-3,6-7,9,11,20,24,28H,4-5H2,1H3,(H,16,19,23)(H2,15,17,21,22)/t6?,7-,9-,11-,14-/m1/s1. The zero-order valence-electron chi connectivity index (χ0n) is 15.0. The van der Waals surface area contributed by atoms with Gasteiger partial charge in [0.05, 0.1) is 6.61 Å². The molecule has 0 bridgehead atoms. The van der Waals surface area contributed by atoms with E-state index in [2.05, 4.69) is 5.32 Å². The van der Waals surface area contributed by atoms with E-state index in [9.17, 15) is 34.0 Å². The number of amides is 3. The summed E-state index contributed by atoms with van der Waals surface area (Å²) in [6.07, 6.45) is -2.79. The molecular formula is C14H19N4O9PS. The molecule has 13 nitrogen and oxygen atoms in total. The Hall–Kier alpha value is -1.96. The van der Waals surface area contributed by atoms with Gasteiger partial charge in [-0.2, -0.15) is 0 Å². The third kappa shape index (κ3) is 4.63. The number of aliphatic hydroxyl groups excluding tert-OH is 1. The summed E-state index contributed by atoms with van der Waals surface area (Å²) in [7, 11) is -2.71. The van der Waals surface area contributed by atoms with E-state index in [0.717, 1.165) is 28.2 Å². The van der Waals surface area contributed by atoms with Crippen molar-refractivity contribution in [2.45, 2.75) is 37.0 Å². The Morgan fingerprint density at radius 3 is 2.72 bits per heavy atom. The molecule has 1 aromatic heterocycles. The third-order valence-electron chi connectivity index (χ3n) is 4.45. The molecule has 3 amide bonds. The van der Waals surface area contributed by atoms with E-state index >= 15 is 0 Å². The van der Waals surface area contributed by atoms with Gasteiger partial charge in [-0.3, -0.25) is 29.0 Å². The van der Waals surface area contributed by atoms with E-state index in [4.69, 9.17) is 9.26 Å². The number of nitrogens with zero attached hydrogens (tertiary/aromatic N) is 1. The highest BCUT2D eigenvalue weighted by Crippen LogP contribution is 2.42. The molecule has 5 N–H and O–H groups in total. The Morgan fingerprint density at radius 2 is 2.10 bits per heavy atom. The average molecular weight is 450 g/mol. The van der Waals surface area contributed by atoms with Crippen molar-refractivity contribution in [2.75, 3.05) is 12.4 Å². The molecule has 0 radical (unpaired) electrons. The third-order valence-corrected chi connectivity index (χ3v) is 7.15. The van der Waals surface area contributed by atoms with Gasteiger partial charge >= 0.3 is 11.7 Å². The quantitative estimate of drug-likeness (QED) is 0.227. The van der Waals surface area contributed by atoms with Gasteiger partial charge in [0.2, 0.25) is 7.23 Å². The highest BCUT2D eigenvalue weighted by Gasteiger charge is 2.53. The van der Waals surface area contributed by atoms with Gasteiger partial charge in [0.25, 0.3) is 11.5 Å². The van der Waals surface area contributed by atoms with Gasteiger partial charge in [0.1, 0.15) is 23.9 Å². The summed E-state index contributed by atoms with van der Waals surface area (Å²) in [4.78, 5) is 47.6. The highest BCUT2D eigenvalue weighted by atomic mass is 32.7. The van der Waals surface area contributed by atoms with Gasteiger partial charge in [0, 0.05) is 18.0 Å². The molecule has 3 heterocycles. The molecule has 2 unspecified atom stereocenters. The van der Waals surface area contributed by atoms with Crippen LogP contribution >= 0.6 is 18.6 Å². The monoisotopic (exact) mass is 450 g/mol. The largest absolute Gasteiger partial charge is 0.387 e. The Balaban J connectivity index is 1.58. The van der Waals surface area contributed by atoms with Crippen molar-refractivity contribution < 1.29 is 33.6 Å². The lowest BCUT2D eigenvalue weighted by Crippen LogP contribution is -2.46. The minimum atomic E-state index is -2.71. The summed E-state index contributed by atoms with van der Waals surface area (Å²) in [5, 5.41) is 25.3. The number of nitrogens with one attached hydrogen (secondary N) is 3. The second-order valence-electron chi connectivity index (χ2n) is 6.60. The number of carbonyl (C=O) groups is 2. The van der Waals surface area contributed by atoms with Crippen LogP contribution in [0.2, 0.25) is 0 Å². The Kier molecular flexibility index (Phi) is 6.31. The first-order valence-corrected chi connectivity index (χ1v) is 11.4. The summed E-state index contributed by atoms with van der Waals surface area (Å²) in [5.74, 6) is -0.506. The van der Waals surface area contributed by atoms with Crippen LogP contribution in [0.3, 0.4) is 0 Å². The van der Waals surface area contributed by atoms with E-state index < -0.39 is 60.5 Å². The van der Waals surface area contributed by atoms with Gasteiger partial charge in [-0.1, -0.05) is 11.4 Å². The summed E-state index contributed by atoms with van der Waals surface area (Å²) in [6.45, 7) is 0.888. The molecule has 2 fully saturated rings. The van der Waals surface area contributed by atoms with E-state index in [1.807, 2.05) is 10.3 Å². The van der Waals surface area contributed by atoms with Gasteiger partial charge in [-0.15, -0.1) is 0 Å². The molecule has 0 aliphatic carbocycles. The van der Waals surface area contributed by atoms with Crippen molar-refractivity contribution in [2.24, 2.45) is 0 Å². The van der Waals surface area contributed by atoms with Crippen LogP contribution in [0.25, 0.3) is 0 Å². The van der Waals surface area contributed by atoms with Crippen molar-refractivity contribution in [3.8, 4) is 0 Å². The van der Waals surface area contributed by atoms with Crippen molar-refractivity contribution in [3.05, 3.63) is 33.1 Å². The molecule has 2 aliphatic rings. The Bertz CT molecular complexity index is 948. The van der Waals surface area contributed by atoms with Crippen LogP contribution in [-0.4, -0.2) is 67.9 Å². The topological polar surface area (TPSA) is 189 Å². The predicted octanol–water partition coefficient (Wildman–Crippen LogP) is -2.11. The van der Waals surface area contributed by atoms with Crippen LogP contribution in [0.5, 0.6) is 0 Å². The van der Waals surface area contributed by atoms with Crippen LogP contribution < -0.4 is 21.9 Å². The number of imide groups is 1. The van der Waals surface area contributed by atoms with E-state index in [1.54, 1.807) is 0 Å². The number of carbonyl (C=O) groups excluding carboxylic acids is 2. The second-order valence-corrected chi connectivity index (χ2v) is 9.88. The Labute approximate surface area is 167 Å². The maximum absolute atomic E-state index is 12.0. The molecule has 1 aromatic rings. The lowest BCUT2D eigenvalue weighted by Gasteiger charge is -2.27. The summed E-state index contributed by atoms with van der Waals surface area (Å²) < 4.78 is 23.6. The number of aromatic amines is 1. The first-order valence-electron chi connectivity index (χ1n) is 8.38. The summed E-state index contributed by atoms with van der Waals surface area (Å²) in [6, 6.07) is -0.394. The van der Waals surface area contributed by atoms with Crippen LogP contribution in [0.15, 0.2) is 21.9 Å².